The van der Waals surface area contributed by atoms with Crippen molar-refractivity contribution in [1.29, 1.82) is 0 Å². The number of halogens is 6. The zero-order valence-electron chi connectivity index (χ0n) is 9.79. The van der Waals surface area contributed by atoms with Gasteiger partial charge in [-0.2, -0.15) is 22.0 Å². The van der Waals surface area contributed by atoms with Crippen LogP contribution in [0, 0.1) is 10.1 Å². The Morgan fingerprint density at radius 3 is 2.29 bits per heavy atom. The lowest BCUT2D eigenvalue weighted by Gasteiger charge is -2.19. The summed E-state index contributed by atoms with van der Waals surface area (Å²) in [5, 5.41) is 9.54. The van der Waals surface area contributed by atoms with Crippen molar-refractivity contribution < 1.29 is 36.4 Å². The predicted octanol–water partition coefficient (Wildman–Crippen LogP) is 3.55. The van der Waals surface area contributed by atoms with E-state index in [1.54, 1.807) is 0 Å². The van der Waals surface area contributed by atoms with Crippen LogP contribution in [0.1, 0.15) is 10.4 Å². The lowest BCUT2D eigenvalue weighted by Crippen LogP contribution is -2.41. The number of nitro benzene ring substituents is 1. The molecule has 0 heterocycles. The lowest BCUT2D eigenvalue weighted by atomic mass is 10.2. The standard InChI is InChI=1S/C10H5ClF5NO4/c11-8(18)5-1-2-6(17(19)20)7(3-5)21-4-9(12,13)10(14,15)16/h1-3H,4H2. The molecule has 0 saturated heterocycles. The van der Waals surface area contributed by atoms with E-state index in [-0.39, 0.29) is 5.56 Å². The Kier molecular flexibility index (Phi) is 4.72. The molecule has 0 aliphatic rings. The van der Waals surface area contributed by atoms with Crippen molar-refractivity contribution in [2.75, 3.05) is 6.61 Å². The molecule has 1 aromatic rings. The molecule has 0 spiro atoms. The van der Waals surface area contributed by atoms with Crippen LogP contribution in [0.15, 0.2) is 18.2 Å². The molecule has 21 heavy (non-hydrogen) atoms. The van der Waals surface area contributed by atoms with E-state index in [1.165, 1.54) is 0 Å². The van der Waals surface area contributed by atoms with Gasteiger partial charge >= 0.3 is 17.8 Å². The van der Waals surface area contributed by atoms with Crippen LogP contribution in [0.25, 0.3) is 0 Å². The molecule has 5 nitrogen and oxygen atoms in total. The largest absolute Gasteiger partial charge is 0.480 e. The molecule has 11 heteroatoms. The number of ether oxygens (including phenoxy) is 1. The van der Waals surface area contributed by atoms with Gasteiger partial charge in [-0.3, -0.25) is 14.9 Å². The number of alkyl halides is 5. The molecular formula is C10H5ClF5NO4. The molecule has 1 aromatic carbocycles. The second-order valence-electron chi connectivity index (χ2n) is 3.70. The van der Waals surface area contributed by atoms with Crippen molar-refractivity contribution in [3.8, 4) is 5.75 Å². The van der Waals surface area contributed by atoms with Crippen molar-refractivity contribution in [1.82, 2.24) is 0 Å². The van der Waals surface area contributed by atoms with E-state index in [0.29, 0.717) is 12.1 Å². The highest BCUT2D eigenvalue weighted by Gasteiger charge is 2.58. The highest BCUT2D eigenvalue weighted by Crippen LogP contribution is 2.37. The summed E-state index contributed by atoms with van der Waals surface area (Å²) in [5.41, 5.74) is -1.23. The van der Waals surface area contributed by atoms with Crippen LogP contribution in [0.5, 0.6) is 5.75 Å². The van der Waals surface area contributed by atoms with Crippen LogP contribution in [0.2, 0.25) is 0 Å². The first kappa shape index (κ1) is 17.1. The molecule has 0 saturated carbocycles. The molecule has 0 aromatic heterocycles. The summed E-state index contributed by atoms with van der Waals surface area (Å²) in [5.74, 6) is -6.13. The van der Waals surface area contributed by atoms with E-state index in [2.05, 4.69) is 4.74 Å². The fourth-order valence-corrected chi connectivity index (χ4v) is 1.27. The topological polar surface area (TPSA) is 69.4 Å². The SMILES string of the molecule is O=C(Cl)c1ccc([N+](=O)[O-])c(OCC(F)(F)C(F)(F)F)c1. The zero-order chi connectivity index (χ0) is 16.4. The van der Waals surface area contributed by atoms with Gasteiger partial charge in [0.1, 0.15) is 0 Å². The predicted molar refractivity (Wildman–Crippen MR) is 59.8 cm³/mol. The van der Waals surface area contributed by atoms with Crippen LogP contribution in [0.3, 0.4) is 0 Å². The van der Waals surface area contributed by atoms with E-state index < -0.39 is 40.3 Å². The number of benzene rings is 1. The monoisotopic (exact) mass is 333 g/mol. The van der Waals surface area contributed by atoms with E-state index in [4.69, 9.17) is 11.6 Å². The fourth-order valence-electron chi connectivity index (χ4n) is 1.15. The van der Waals surface area contributed by atoms with Gasteiger partial charge in [0, 0.05) is 11.6 Å². The van der Waals surface area contributed by atoms with Crippen molar-refractivity contribution in [2.24, 2.45) is 0 Å². The molecule has 0 bridgehead atoms. The average molecular weight is 334 g/mol. The first-order valence-corrected chi connectivity index (χ1v) is 5.39. The van der Waals surface area contributed by atoms with Gasteiger partial charge in [0.25, 0.3) is 5.24 Å². The van der Waals surface area contributed by atoms with Gasteiger partial charge in [-0.25, -0.2) is 0 Å². The van der Waals surface area contributed by atoms with Crippen LogP contribution >= 0.6 is 11.6 Å². The summed E-state index contributed by atoms with van der Waals surface area (Å²) in [6.07, 6.45) is -5.87. The summed E-state index contributed by atoms with van der Waals surface area (Å²) in [6, 6.07) is 2.22. The van der Waals surface area contributed by atoms with Crippen LogP contribution in [0.4, 0.5) is 27.6 Å². The number of hydrogen-bond donors (Lipinski definition) is 0. The Hall–Kier alpha value is -1.97. The highest BCUT2D eigenvalue weighted by atomic mass is 35.5. The van der Waals surface area contributed by atoms with E-state index >= 15 is 0 Å². The smallest absolute Gasteiger partial charge is 0.456 e. The maximum Gasteiger partial charge on any atom is 0.456 e. The zero-order valence-corrected chi connectivity index (χ0v) is 10.5. The molecular weight excluding hydrogens is 329 g/mol. The van der Waals surface area contributed by atoms with Crippen LogP contribution in [-0.4, -0.2) is 28.9 Å². The van der Waals surface area contributed by atoms with Crippen LogP contribution in [-0.2, 0) is 0 Å². The third-order valence-electron chi connectivity index (χ3n) is 2.21. The number of carbonyl (C=O) groups excluding carboxylic acids is 1. The molecule has 0 unspecified atom stereocenters. The Balaban J connectivity index is 3.09. The fraction of sp³-hybridized carbons (Fsp3) is 0.300. The second-order valence-corrected chi connectivity index (χ2v) is 4.05. The summed E-state index contributed by atoms with van der Waals surface area (Å²) < 4.78 is 65.4. The molecule has 0 radical (unpaired) electrons. The minimum absolute atomic E-state index is 0.354. The van der Waals surface area contributed by atoms with Gasteiger partial charge in [-0.15, -0.1) is 0 Å². The van der Waals surface area contributed by atoms with Gasteiger partial charge in [-0.1, -0.05) is 0 Å². The molecule has 1 rings (SSSR count). The Morgan fingerprint density at radius 2 is 1.86 bits per heavy atom. The number of hydrogen-bond acceptors (Lipinski definition) is 4. The number of carbonyl (C=O) groups is 1. The third kappa shape index (κ3) is 4.00. The minimum atomic E-state index is -5.87. The van der Waals surface area contributed by atoms with Gasteiger partial charge in [0.05, 0.1) is 4.92 Å². The quantitative estimate of drug-likeness (QED) is 0.357. The van der Waals surface area contributed by atoms with Gasteiger partial charge in [-0.05, 0) is 23.7 Å². The Morgan fingerprint density at radius 1 is 1.29 bits per heavy atom. The van der Waals surface area contributed by atoms with Crippen molar-refractivity contribution in [3.63, 3.8) is 0 Å². The summed E-state index contributed by atoms with van der Waals surface area (Å²) in [7, 11) is 0. The number of nitrogens with zero attached hydrogens (tertiary/aromatic N) is 1. The van der Waals surface area contributed by atoms with Crippen molar-refractivity contribution in [2.45, 2.75) is 12.1 Å². The van der Waals surface area contributed by atoms with E-state index in [1.807, 2.05) is 0 Å². The van der Waals surface area contributed by atoms with E-state index in [0.717, 1.165) is 6.07 Å². The van der Waals surface area contributed by atoms with Gasteiger partial charge in [0.2, 0.25) is 0 Å². The van der Waals surface area contributed by atoms with Crippen molar-refractivity contribution in [3.05, 3.63) is 33.9 Å². The Labute approximate surface area is 118 Å². The molecule has 0 fully saturated rings. The maximum atomic E-state index is 12.7. The average Bonchev–Trinajstić information content (AvgIpc) is 2.34. The van der Waals surface area contributed by atoms with E-state index in [9.17, 15) is 36.9 Å². The molecule has 116 valence electrons. The first-order chi connectivity index (χ1) is 9.45. The molecule has 0 aliphatic heterocycles. The number of rotatable bonds is 5. The Bertz CT molecular complexity index is 575. The molecule has 0 amide bonds. The molecule has 0 N–H and O–H groups in total. The van der Waals surface area contributed by atoms with Crippen molar-refractivity contribution >= 4 is 22.5 Å². The third-order valence-corrected chi connectivity index (χ3v) is 2.43. The summed E-state index contributed by atoms with van der Waals surface area (Å²) >= 11 is 5.08. The summed E-state index contributed by atoms with van der Waals surface area (Å²) in [6.45, 7) is -2.17. The lowest BCUT2D eigenvalue weighted by molar-refractivity contribution is -0.386. The minimum Gasteiger partial charge on any atom is -0.480 e. The highest BCUT2D eigenvalue weighted by molar-refractivity contribution is 6.67. The number of nitro groups is 1. The normalized spacial score (nSPS) is 12.1. The summed E-state index contributed by atoms with van der Waals surface area (Å²) in [4.78, 5) is 20.4. The maximum absolute atomic E-state index is 12.7. The first-order valence-electron chi connectivity index (χ1n) is 5.01. The molecule has 0 aliphatic carbocycles. The van der Waals surface area contributed by atoms with Crippen LogP contribution < -0.4 is 4.74 Å². The second kappa shape index (κ2) is 5.80. The molecule has 0 atom stereocenters. The van der Waals surface area contributed by atoms with Gasteiger partial charge < -0.3 is 4.74 Å². The van der Waals surface area contributed by atoms with Gasteiger partial charge in [0.15, 0.2) is 12.4 Å².